The third kappa shape index (κ3) is 2.65. The molecule has 0 saturated heterocycles. The molecular formula is C26H25OP. The van der Waals surface area contributed by atoms with E-state index in [1.807, 2.05) is 0 Å². The Kier molecular flexibility index (Phi) is 4.00. The van der Waals surface area contributed by atoms with E-state index in [0.29, 0.717) is 0 Å². The lowest BCUT2D eigenvalue weighted by Crippen LogP contribution is -2.22. The second-order valence-electron chi connectivity index (χ2n) is 8.60. The first-order chi connectivity index (χ1) is 13.4. The Morgan fingerprint density at radius 1 is 0.786 bits per heavy atom. The maximum atomic E-state index is 6.36. The van der Waals surface area contributed by atoms with Crippen molar-refractivity contribution in [1.82, 2.24) is 0 Å². The van der Waals surface area contributed by atoms with Crippen LogP contribution in [0.2, 0.25) is 0 Å². The van der Waals surface area contributed by atoms with Crippen LogP contribution in [0, 0.1) is 0 Å². The summed E-state index contributed by atoms with van der Waals surface area (Å²) in [6.45, 7) is 9.30. The van der Waals surface area contributed by atoms with Gasteiger partial charge in [-0.15, -0.1) is 0 Å². The highest BCUT2D eigenvalue weighted by Gasteiger charge is 2.41. The number of rotatable bonds is 1. The quantitative estimate of drug-likeness (QED) is 0.247. The van der Waals surface area contributed by atoms with E-state index in [0.717, 1.165) is 5.75 Å². The van der Waals surface area contributed by atoms with E-state index >= 15 is 0 Å². The molecule has 0 radical (unpaired) electrons. The molecular weight excluding hydrogens is 359 g/mol. The topological polar surface area (TPSA) is 9.23 Å². The minimum atomic E-state index is -0.441. The summed E-state index contributed by atoms with van der Waals surface area (Å²) >= 11 is 0. The van der Waals surface area contributed by atoms with Gasteiger partial charge in [-0.2, -0.15) is 0 Å². The van der Waals surface area contributed by atoms with Crippen molar-refractivity contribution in [2.75, 3.05) is 0 Å². The highest BCUT2D eigenvalue weighted by molar-refractivity contribution is 7.68. The molecule has 140 valence electrons. The SMILES string of the molecule is C[C@H]1Oc2cccc(-c3c4ccccc4cc4ccccc34)c2[P@]1C(C)(C)C. The van der Waals surface area contributed by atoms with Crippen molar-refractivity contribution in [3.05, 3.63) is 72.8 Å². The third-order valence-corrected chi connectivity index (χ3v) is 8.89. The lowest BCUT2D eigenvalue weighted by Gasteiger charge is -2.31. The second-order valence-corrected chi connectivity index (χ2v) is 11.9. The Bertz CT molecular complexity index is 1150. The van der Waals surface area contributed by atoms with Crippen molar-refractivity contribution in [2.45, 2.75) is 38.7 Å². The zero-order valence-electron chi connectivity index (χ0n) is 16.9. The van der Waals surface area contributed by atoms with Crippen LogP contribution in [-0.4, -0.2) is 11.0 Å². The van der Waals surface area contributed by atoms with Crippen LogP contribution in [0.4, 0.5) is 0 Å². The molecule has 0 N–H and O–H groups in total. The maximum absolute atomic E-state index is 6.36. The molecule has 1 aliphatic rings. The van der Waals surface area contributed by atoms with E-state index in [1.54, 1.807) is 0 Å². The molecule has 5 rings (SSSR count). The van der Waals surface area contributed by atoms with Crippen molar-refractivity contribution in [3.8, 4) is 16.9 Å². The molecule has 0 unspecified atom stereocenters. The summed E-state index contributed by atoms with van der Waals surface area (Å²) in [7, 11) is -0.441. The van der Waals surface area contributed by atoms with Crippen molar-refractivity contribution in [1.29, 1.82) is 0 Å². The van der Waals surface area contributed by atoms with Crippen LogP contribution in [0.25, 0.3) is 32.7 Å². The molecule has 1 heterocycles. The van der Waals surface area contributed by atoms with Gasteiger partial charge in [-0.25, -0.2) is 0 Å². The van der Waals surface area contributed by atoms with E-state index < -0.39 is 7.92 Å². The van der Waals surface area contributed by atoms with Crippen LogP contribution in [-0.2, 0) is 0 Å². The number of hydrogen-bond donors (Lipinski definition) is 0. The minimum Gasteiger partial charge on any atom is -0.485 e. The predicted octanol–water partition coefficient (Wildman–Crippen LogP) is 7.30. The number of ether oxygens (including phenoxy) is 1. The Hall–Kier alpha value is -2.37. The molecule has 1 nitrogen and oxygen atoms in total. The molecule has 28 heavy (non-hydrogen) atoms. The lowest BCUT2D eigenvalue weighted by atomic mass is 9.92. The van der Waals surface area contributed by atoms with Gasteiger partial charge in [-0.05, 0) is 64.8 Å². The van der Waals surface area contributed by atoms with Gasteiger partial charge >= 0.3 is 0 Å². The zero-order chi connectivity index (χ0) is 19.5. The average Bonchev–Trinajstić information content (AvgIpc) is 3.02. The molecule has 1 aliphatic heterocycles. The van der Waals surface area contributed by atoms with Gasteiger partial charge < -0.3 is 4.74 Å². The largest absolute Gasteiger partial charge is 0.485 e. The van der Waals surface area contributed by atoms with Crippen LogP contribution in [0.1, 0.15) is 27.7 Å². The first-order valence-electron chi connectivity index (χ1n) is 9.95. The van der Waals surface area contributed by atoms with E-state index in [1.165, 1.54) is 38.0 Å². The fraction of sp³-hybridized carbons (Fsp3) is 0.231. The molecule has 0 spiro atoms. The fourth-order valence-electron chi connectivity index (χ4n) is 4.67. The Labute approximate surface area is 168 Å². The van der Waals surface area contributed by atoms with Gasteiger partial charge in [0.15, 0.2) is 0 Å². The maximum Gasteiger partial charge on any atom is 0.128 e. The van der Waals surface area contributed by atoms with Gasteiger partial charge in [0, 0.05) is 5.30 Å². The van der Waals surface area contributed by atoms with E-state index in [-0.39, 0.29) is 11.0 Å². The molecule has 0 bridgehead atoms. The molecule has 4 aromatic rings. The molecule has 0 amide bonds. The van der Waals surface area contributed by atoms with Crippen LogP contribution < -0.4 is 10.0 Å². The Balaban J connectivity index is 1.92. The summed E-state index contributed by atoms with van der Waals surface area (Å²) in [5.41, 5.74) is 2.69. The monoisotopic (exact) mass is 384 g/mol. The fourth-order valence-corrected chi connectivity index (χ4v) is 7.83. The van der Waals surface area contributed by atoms with Gasteiger partial charge in [-0.1, -0.05) is 81.4 Å². The first kappa shape index (κ1) is 17.7. The van der Waals surface area contributed by atoms with E-state index in [4.69, 9.17) is 4.74 Å². The van der Waals surface area contributed by atoms with Crippen LogP contribution in [0.15, 0.2) is 72.8 Å². The average molecular weight is 384 g/mol. The minimum absolute atomic E-state index is 0.191. The van der Waals surface area contributed by atoms with Crippen LogP contribution in [0.5, 0.6) is 5.75 Å². The van der Waals surface area contributed by atoms with Gasteiger partial charge in [0.25, 0.3) is 0 Å². The molecule has 0 saturated carbocycles. The number of fused-ring (bicyclic) bond motifs is 3. The van der Waals surface area contributed by atoms with Crippen molar-refractivity contribution < 1.29 is 4.74 Å². The lowest BCUT2D eigenvalue weighted by molar-refractivity contribution is 0.313. The van der Waals surface area contributed by atoms with Crippen LogP contribution in [0.3, 0.4) is 0 Å². The van der Waals surface area contributed by atoms with Crippen molar-refractivity contribution >= 4 is 34.8 Å². The van der Waals surface area contributed by atoms with Crippen molar-refractivity contribution in [2.24, 2.45) is 0 Å². The highest BCUT2D eigenvalue weighted by atomic mass is 31.1. The highest BCUT2D eigenvalue weighted by Crippen LogP contribution is 2.60. The molecule has 2 heteroatoms. The van der Waals surface area contributed by atoms with E-state index in [9.17, 15) is 0 Å². The molecule has 0 aliphatic carbocycles. The van der Waals surface area contributed by atoms with Gasteiger partial charge in [0.1, 0.15) is 11.6 Å². The smallest absolute Gasteiger partial charge is 0.128 e. The Morgan fingerprint density at radius 2 is 1.39 bits per heavy atom. The zero-order valence-corrected chi connectivity index (χ0v) is 17.8. The molecule has 0 fully saturated rings. The molecule has 4 aromatic carbocycles. The normalized spacial score (nSPS) is 19.0. The third-order valence-electron chi connectivity index (χ3n) is 5.66. The summed E-state index contributed by atoms with van der Waals surface area (Å²) in [5.74, 6) is 1.32. The Morgan fingerprint density at radius 3 is 2.00 bits per heavy atom. The van der Waals surface area contributed by atoms with Gasteiger partial charge in [-0.3, -0.25) is 0 Å². The summed E-state index contributed by atoms with van der Waals surface area (Å²) in [6, 6.07) is 26.4. The van der Waals surface area contributed by atoms with Crippen LogP contribution >= 0.6 is 7.92 Å². The number of benzene rings is 4. The molecule has 2 atom stereocenters. The first-order valence-corrected chi connectivity index (χ1v) is 11.4. The standard InChI is InChI=1S/C26H25OP/c1-17-27-23-15-9-14-22(25(23)28(17)26(2,3)4)24-20-12-7-5-10-18(20)16-19-11-6-8-13-21(19)24/h5-17H,1-4H3/t17-,28+/m0/s1. The van der Waals surface area contributed by atoms with Crippen molar-refractivity contribution in [3.63, 3.8) is 0 Å². The van der Waals surface area contributed by atoms with Gasteiger partial charge in [0.2, 0.25) is 0 Å². The summed E-state index contributed by atoms with van der Waals surface area (Å²) in [4.78, 5) is 0. The second kappa shape index (κ2) is 6.33. The summed E-state index contributed by atoms with van der Waals surface area (Å²) < 4.78 is 6.36. The van der Waals surface area contributed by atoms with Gasteiger partial charge in [0.05, 0.1) is 0 Å². The predicted molar refractivity (Wildman–Crippen MR) is 123 cm³/mol. The van der Waals surface area contributed by atoms with E-state index in [2.05, 4.69) is 100 Å². The molecule has 0 aromatic heterocycles. The summed E-state index contributed by atoms with van der Waals surface area (Å²) in [6.07, 6.45) is 0. The summed E-state index contributed by atoms with van der Waals surface area (Å²) in [5, 5.41) is 6.84. The number of hydrogen-bond acceptors (Lipinski definition) is 1.